The van der Waals surface area contributed by atoms with Crippen LogP contribution in [0.25, 0.3) is 0 Å². The third kappa shape index (κ3) is 5.06. The third-order valence-electron chi connectivity index (χ3n) is 2.75. The first kappa shape index (κ1) is 15.3. The fourth-order valence-electron chi connectivity index (χ4n) is 1.70. The molecule has 2 rings (SSSR count). The highest BCUT2D eigenvalue weighted by atomic mass is 35.5. The quantitative estimate of drug-likeness (QED) is 0.860. The van der Waals surface area contributed by atoms with Crippen molar-refractivity contribution >= 4 is 23.2 Å². The predicted octanol–water partition coefficient (Wildman–Crippen LogP) is 2.47. The van der Waals surface area contributed by atoms with E-state index in [1.54, 1.807) is 43.6 Å². The summed E-state index contributed by atoms with van der Waals surface area (Å²) in [6.07, 6.45) is 1.71. The molecular weight excluding hydrogens is 290 g/mol. The van der Waals surface area contributed by atoms with Crippen LogP contribution in [0.3, 0.4) is 0 Å². The van der Waals surface area contributed by atoms with E-state index in [0.717, 1.165) is 11.3 Å². The molecule has 6 heteroatoms. The number of ether oxygens (including phenoxy) is 1. The number of pyridine rings is 1. The van der Waals surface area contributed by atoms with Crippen molar-refractivity contribution in [1.82, 2.24) is 10.3 Å². The summed E-state index contributed by atoms with van der Waals surface area (Å²) < 4.78 is 4.98. The number of nitrogens with one attached hydrogen (secondary N) is 2. The van der Waals surface area contributed by atoms with Crippen molar-refractivity contribution in [2.45, 2.75) is 6.54 Å². The maximum Gasteiger partial charge on any atom is 0.238 e. The van der Waals surface area contributed by atoms with Gasteiger partial charge in [-0.1, -0.05) is 17.7 Å². The molecule has 1 aromatic heterocycles. The lowest BCUT2D eigenvalue weighted by molar-refractivity contribution is -0.115. The molecule has 0 aliphatic carbocycles. The fourth-order valence-corrected chi connectivity index (χ4v) is 1.82. The molecule has 1 amide bonds. The van der Waals surface area contributed by atoms with Crippen LogP contribution in [-0.4, -0.2) is 24.5 Å². The molecule has 0 saturated heterocycles. The van der Waals surface area contributed by atoms with Crippen LogP contribution >= 0.6 is 11.6 Å². The molecule has 0 aliphatic rings. The van der Waals surface area contributed by atoms with E-state index in [0.29, 0.717) is 17.4 Å². The lowest BCUT2D eigenvalue weighted by atomic mass is 10.3. The average Bonchev–Trinajstić information content (AvgIpc) is 2.50. The molecular formula is C15H16ClN3O2. The molecule has 21 heavy (non-hydrogen) atoms. The number of anilines is 1. The molecule has 2 aromatic rings. The Bertz CT molecular complexity index is 585. The van der Waals surface area contributed by atoms with Crippen LogP contribution < -0.4 is 15.4 Å². The minimum Gasteiger partial charge on any atom is -0.481 e. The van der Waals surface area contributed by atoms with E-state index in [1.165, 1.54) is 0 Å². The molecule has 5 nitrogen and oxygen atoms in total. The summed E-state index contributed by atoms with van der Waals surface area (Å²) in [4.78, 5) is 15.8. The number of benzene rings is 1. The summed E-state index contributed by atoms with van der Waals surface area (Å²) in [5.41, 5.74) is 1.70. The van der Waals surface area contributed by atoms with Gasteiger partial charge >= 0.3 is 0 Å². The summed E-state index contributed by atoms with van der Waals surface area (Å²) in [6, 6.07) is 10.7. The van der Waals surface area contributed by atoms with Crippen LogP contribution in [0.5, 0.6) is 5.88 Å². The van der Waals surface area contributed by atoms with Gasteiger partial charge in [0.2, 0.25) is 11.8 Å². The monoisotopic (exact) mass is 305 g/mol. The molecule has 0 saturated carbocycles. The van der Waals surface area contributed by atoms with E-state index < -0.39 is 0 Å². The van der Waals surface area contributed by atoms with Crippen molar-refractivity contribution in [3.63, 3.8) is 0 Å². The highest BCUT2D eigenvalue weighted by molar-refractivity contribution is 6.30. The van der Waals surface area contributed by atoms with Gasteiger partial charge in [-0.05, 0) is 29.8 Å². The molecule has 2 N–H and O–H groups in total. The largest absolute Gasteiger partial charge is 0.481 e. The summed E-state index contributed by atoms with van der Waals surface area (Å²) in [5, 5.41) is 6.47. The lowest BCUT2D eigenvalue weighted by Crippen LogP contribution is -2.27. The number of amides is 1. The van der Waals surface area contributed by atoms with E-state index in [2.05, 4.69) is 15.6 Å². The number of nitrogens with zero attached hydrogens (tertiary/aromatic N) is 1. The Morgan fingerprint density at radius 3 is 2.62 bits per heavy atom. The molecule has 0 radical (unpaired) electrons. The Labute approximate surface area is 128 Å². The number of hydrogen-bond acceptors (Lipinski definition) is 4. The van der Waals surface area contributed by atoms with Crippen molar-refractivity contribution < 1.29 is 9.53 Å². The molecule has 1 aromatic carbocycles. The zero-order valence-corrected chi connectivity index (χ0v) is 12.4. The van der Waals surface area contributed by atoms with E-state index in [9.17, 15) is 4.79 Å². The number of rotatable bonds is 6. The van der Waals surface area contributed by atoms with Gasteiger partial charge in [-0.15, -0.1) is 0 Å². The number of aromatic nitrogens is 1. The summed E-state index contributed by atoms with van der Waals surface area (Å²) in [7, 11) is 1.57. The Hall–Kier alpha value is -2.11. The van der Waals surface area contributed by atoms with E-state index in [4.69, 9.17) is 16.3 Å². The smallest absolute Gasteiger partial charge is 0.238 e. The minimum absolute atomic E-state index is 0.112. The lowest BCUT2D eigenvalue weighted by Gasteiger charge is -2.07. The SMILES string of the molecule is COc1ccc(CNCC(=O)Nc2ccc(Cl)cc2)cn1. The maximum atomic E-state index is 11.7. The molecule has 110 valence electrons. The van der Waals surface area contributed by atoms with Gasteiger partial charge in [-0.25, -0.2) is 4.98 Å². The van der Waals surface area contributed by atoms with E-state index in [-0.39, 0.29) is 12.5 Å². The van der Waals surface area contributed by atoms with Crippen molar-refractivity contribution in [3.8, 4) is 5.88 Å². The molecule has 0 unspecified atom stereocenters. The van der Waals surface area contributed by atoms with Crippen molar-refractivity contribution in [1.29, 1.82) is 0 Å². The fraction of sp³-hybridized carbons (Fsp3) is 0.200. The van der Waals surface area contributed by atoms with Gasteiger partial charge < -0.3 is 15.4 Å². The molecule has 0 bridgehead atoms. The predicted molar refractivity (Wildman–Crippen MR) is 82.6 cm³/mol. The average molecular weight is 306 g/mol. The van der Waals surface area contributed by atoms with Crippen LogP contribution in [0.1, 0.15) is 5.56 Å². The highest BCUT2D eigenvalue weighted by Crippen LogP contribution is 2.13. The van der Waals surface area contributed by atoms with Crippen molar-refractivity contribution in [3.05, 3.63) is 53.2 Å². The molecule has 0 aliphatic heterocycles. The Morgan fingerprint density at radius 1 is 1.24 bits per heavy atom. The molecule has 0 atom stereocenters. The van der Waals surface area contributed by atoms with Gasteiger partial charge in [0.05, 0.1) is 13.7 Å². The minimum atomic E-state index is -0.112. The normalized spacial score (nSPS) is 10.2. The van der Waals surface area contributed by atoms with Gasteiger partial charge in [0.15, 0.2) is 0 Å². The zero-order valence-electron chi connectivity index (χ0n) is 11.6. The van der Waals surface area contributed by atoms with Gasteiger partial charge in [0.25, 0.3) is 0 Å². The first-order valence-electron chi connectivity index (χ1n) is 6.42. The van der Waals surface area contributed by atoms with Gasteiger partial charge in [0, 0.05) is 29.5 Å². The van der Waals surface area contributed by atoms with Crippen LogP contribution in [0, 0.1) is 0 Å². The highest BCUT2D eigenvalue weighted by Gasteiger charge is 2.02. The first-order chi connectivity index (χ1) is 10.2. The summed E-state index contributed by atoms with van der Waals surface area (Å²) in [5.74, 6) is 0.457. The van der Waals surface area contributed by atoms with Gasteiger partial charge in [0.1, 0.15) is 0 Å². The summed E-state index contributed by atoms with van der Waals surface area (Å²) in [6.45, 7) is 0.777. The van der Waals surface area contributed by atoms with Gasteiger partial charge in [-0.3, -0.25) is 4.79 Å². The third-order valence-corrected chi connectivity index (χ3v) is 3.00. The number of carbonyl (C=O) groups excluding carboxylic acids is 1. The second kappa shape index (κ2) is 7.61. The Kier molecular flexibility index (Phi) is 5.54. The second-order valence-electron chi connectivity index (χ2n) is 4.37. The van der Waals surface area contributed by atoms with Crippen LogP contribution in [0.4, 0.5) is 5.69 Å². The van der Waals surface area contributed by atoms with E-state index >= 15 is 0 Å². The number of carbonyl (C=O) groups is 1. The number of halogens is 1. The Morgan fingerprint density at radius 2 is 2.00 bits per heavy atom. The van der Waals surface area contributed by atoms with E-state index in [1.807, 2.05) is 6.07 Å². The van der Waals surface area contributed by atoms with Crippen LogP contribution in [0.15, 0.2) is 42.6 Å². The molecule has 1 heterocycles. The number of hydrogen-bond donors (Lipinski definition) is 2. The topological polar surface area (TPSA) is 63.2 Å². The molecule has 0 spiro atoms. The number of methoxy groups -OCH3 is 1. The standard InChI is InChI=1S/C15H16ClN3O2/c1-21-15-7-2-11(9-18-15)8-17-10-14(20)19-13-5-3-12(16)4-6-13/h2-7,9,17H,8,10H2,1H3,(H,19,20). The van der Waals surface area contributed by atoms with Crippen molar-refractivity contribution in [2.24, 2.45) is 0 Å². The van der Waals surface area contributed by atoms with Crippen LogP contribution in [0.2, 0.25) is 5.02 Å². The summed E-state index contributed by atoms with van der Waals surface area (Å²) >= 11 is 5.78. The van der Waals surface area contributed by atoms with Crippen LogP contribution in [-0.2, 0) is 11.3 Å². The van der Waals surface area contributed by atoms with Gasteiger partial charge in [-0.2, -0.15) is 0 Å². The zero-order chi connectivity index (χ0) is 15.1. The molecule has 0 fully saturated rings. The Balaban J connectivity index is 1.74. The first-order valence-corrected chi connectivity index (χ1v) is 6.80. The second-order valence-corrected chi connectivity index (χ2v) is 4.80. The maximum absolute atomic E-state index is 11.7. The van der Waals surface area contributed by atoms with Crippen molar-refractivity contribution in [2.75, 3.05) is 19.0 Å².